The van der Waals surface area contributed by atoms with Crippen molar-refractivity contribution in [3.63, 3.8) is 0 Å². The lowest BCUT2D eigenvalue weighted by Crippen LogP contribution is -2.51. The van der Waals surface area contributed by atoms with E-state index >= 15 is 0 Å². The minimum absolute atomic E-state index is 0.232. The molecule has 1 amide bonds. The number of carbonyl (C=O) groups is 1. The standard InChI is InChI=1S/C22H32N4O/c27-22(20-8-2-1-3-9-20)26-12-6-7-19(18-26)17-24-13-15-25(16-14-24)21-10-4-5-11-23-21/h1-2,4-5,10-11,19-20H,3,6-9,12-18H2/t19-,20-/m1/s1. The van der Waals surface area contributed by atoms with Gasteiger partial charge in [-0.1, -0.05) is 18.2 Å². The second kappa shape index (κ2) is 8.87. The Bertz CT molecular complexity index is 639. The maximum atomic E-state index is 12.9. The average Bonchev–Trinajstić information content (AvgIpc) is 2.75. The van der Waals surface area contributed by atoms with Crippen LogP contribution in [0.5, 0.6) is 0 Å². The Kier molecular flexibility index (Phi) is 6.07. The molecular formula is C22H32N4O. The summed E-state index contributed by atoms with van der Waals surface area (Å²) in [5.41, 5.74) is 0. The highest BCUT2D eigenvalue weighted by Crippen LogP contribution is 2.25. The van der Waals surface area contributed by atoms with E-state index in [4.69, 9.17) is 0 Å². The number of piperidine rings is 1. The number of anilines is 1. The molecule has 0 unspecified atom stereocenters. The van der Waals surface area contributed by atoms with E-state index < -0.39 is 0 Å². The Morgan fingerprint density at radius 3 is 2.70 bits per heavy atom. The van der Waals surface area contributed by atoms with E-state index in [1.807, 2.05) is 12.3 Å². The van der Waals surface area contributed by atoms with Crippen LogP contribution in [0.25, 0.3) is 0 Å². The van der Waals surface area contributed by atoms with Gasteiger partial charge in [0.25, 0.3) is 0 Å². The van der Waals surface area contributed by atoms with Crippen LogP contribution in [0, 0.1) is 11.8 Å². The van der Waals surface area contributed by atoms with Crippen molar-refractivity contribution in [3.05, 3.63) is 36.5 Å². The monoisotopic (exact) mass is 368 g/mol. The highest BCUT2D eigenvalue weighted by Gasteiger charge is 2.30. The first-order valence-electron chi connectivity index (χ1n) is 10.6. The number of pyridine rings is 1. The van der Waals surface area contributed by atoms with Gasteiger partial charge < -0.3 is 9.80 Å². The summed E-state index contributed by atoms with van der Waals surface area (Å²) in [6.45, 7) is 7.32. The number of aromatic nitrogens is 1. The van der Waals surface area contributed by atoms with Gasteiger partial charge in [0.05, 0.1) is 0 Å². The van der Waals surface area contributed by atoms with E-state index in [9.17, 15) is 4.79 Å². The smallest absolute Gasteiger partial charge is 0.226 e. The van der Waals surface area contributed by atoms with Gasteiger partial charge in [-0.3, -0.25) is 9.69 Å². The summed E-state index contributed by atoms with van der Waals surface area (Å²) in [5.74, 6) is 2.36. The second-order valence-corrected chi connectivity index (χ2v) is 8.25. The van der Waals surface area contributed by atoms with Crippen LogP contribution in [0.4, 0.5) is 5.82 Å². The Labute approximate surface area is 163 Å². The van der Waals surface area contributed by atoms with E-state index in [1.54, 1.807) is 0 Å². The van der Waals surface area contributed by atoms with E-state index in [0.29, 0.717) is 11.8 Å². The first-order chi connectivity index (χ1) is 13.3. The zero-order chi connectivity index (χ0) is 18.5. The van der Waals surface area contributed by atoms with Crippen LogP contribution in [0.3, 0.4) is 0 Å². The molecule has 146 valence electrons. The fourth-order valence-electron chi connectivity index (χ4n) is 4.76. The van der Waals surface area contributed by atoms with Crippen LogP contribution < -0.4 is 4.90 Å². The molecule has 1 aromatic heterocycles. The fraction of sp³-hybridized carbons (Fsp3) is 0.636. The minimum atomic E-state index is 0.232. The molecule has 5 heteroatoms. The van der Waals surface area contributed by atoms with Gasteiger partial charge in [0.15, 0.2) is 0 Å². The van der Waals surface area contributed by atoms with Gasteiger partial charge in [-0.15, -0.1) is 0 Å². The molecule has 4 rings (SSSR count). The normalized spacial score (nSPS) is 27.0. The van der Waals surface area contributed by atoms with Gasteiger partial charge in [0.1, 0.15) is 5.82 Å². The third-order valence-electron chi connectivity index (χ3n) is 6.31. The van der Waals surface area contributed by atoms with Crippen molar-refractivity contribution in [1.82, 2.24) is 14.8 Å². The highest BCUT2D eigenvalue weighted by molar-refractivity contribution is 5.79. The average molecular weight is 369 g/mol. The molecule has 0 saturated carbocycles. The second-order valence-electron chi connectivity index (χ2n) is 8.25. The number of hydrogen-bond donors (Lipinski definition) is 0. The Morgan fingerprint density at radius 2 is 1.96 bits per heavy atom. The molecule has 27 heavy (non-hydrogen) atoms. The summed E-state index contributed by atoms with van der Waals surface area (Å²) in [7, 11) is 0. The third kappa shape index (κ3) is 4.70. The molecule has 2 saturated heterocycles. The lowest BCUT2D eigenvalue weighted by molar-refractivity contribution is -0.137. The van der Waals surface area contributed by atoms with E-state index in [0.717, 1.165) is 77.3 Å². The fourth-order valence-corrected chi connectivity index (χ4v) is 4.76. The van der Waals surface area contributed by atoms with Crippen molar-refractivity contribution in [1.29, 1.82) is 0 Å². The molecule has 0 aromatic carbocycles. The Balaban J connectivity index is 1.25. The predicted octanol–water partition coefficient (Wildman–Crippen LogP) is 2.80. The topological polar surface area (TPSA) is 39.7 Å². The maximum Gasteiger partial charge on any atom is 0.226 e. The first kappa shape index (κ1) is 18.5. The lowest BCUT2D eigenvalue weighted by atomic mass is 9.90. The molecule has 2 atom stereocenters. The van der Waals surface area contributed by atoms with Gasteiger partial charge in [-0.25, -0.2) is 4.98 Å². The van der Waals surface area contributed by atoms with E-state index in [-0.39, 0.29) is 5.92 Å². The van der Waals surface area contributed by atoms with E-state index in [2.05, 4.69) is 44.0 Å². The zero-order valence-electron chi connectivity index (χ0n) is 16.3. The minimum Gasteiger partial charge on any atom is -0.354 e. The van der Waals surface area contributed by atoms with Crippen LogP contribution in [0.15, 0.2) is 36.5 Å². The van der Waals surface area contributed by atoms with Gasteiger partial charge >= 0.3 is 0 Å². The van der Waals surface area contributed by atoms with Crippen LogP contribution in [0.1, 0.15) is 32.1 Å². The lowest BCUT2D eigenvalue weighted by Gasteiger charge is -2.40. The largest absolute Gasteiger partial charge is 0.354 e. The summed E-state index contributed by atoms with van der Waals surface area (Å²) < 4.78 is 0. The number of likely N-dealkylation sites (tertiary alicyclic amines) is 1. The summed E-state index contributed by atoms with van der Waals surface area (Å²) in [5, 5.41) is 0. The summed E-state index contributed by atoms with van der Waals surface area (Å²) in [6, 6.07) is 6.13. The molecule has 3 aliphatic rings. The van der Waals surface area contributed by atoms with Crippen molar-refractivity contribution >= 4 is 11.7 Å². The van der Waals surface area contributed by atoms with Crippen LogP contribution in [-0.4, -0.2) is 66.5 Å². The van der Waals surface area contributed by atoms with Crippen LogP contribution in [0.2, 0.25) is 0 Å². The molecule has 0 spiro atoms. The van der Waals surface area contributed by atoms with Gasteiger partial charge in [0, 0.05) is 57.9 Å². The van der Waals surface area contributed by atoms with Crippen molar-refractivity contribution in [2.75, 3.05) is 50.7 Å². The van der Waals surface area contributed by atoms with Crippen LogP contribution >= 0.6 is 0 Å². The Morgan fingerprint density at radius 1 is 1.07 bits per heavy atom. The third-order valence-corrected chi connectivity index (χ3v) is 6.31. The number of piperazine rings is 1. The quantitative estimate of drug-likeness (QED) is 0.766. The summed E-state index contributed by atoms with van der Waals surface area (Å²) >= 11 is 0. The first-order valence-corrected chi connectivity index (χ1v) is 10.6. The molecule has 0 radical (unpaired) electrons. The van der Waals surface area contributed by atoms with Gasteiger partial charge in [-0.2, -0.15) is 0 Å². The van der Waals surface area contributed by atoms with Gasteiger partial charge in [-0.05, 0) is 50.2 Å². The number of hydrogen-bond acceptors (Lipinski definition) is 4. The molecule has 1 aromatic rings. The van der Waals surface area contributed by atoms with Crippen molar-refractivity contribution in [2.24, 2.45) is 11.8 Å². The molecule has 3 heterocycles. The molecule has 1 aliphatic carbocycles. The van der Waals surface area contributed by atoms with Crippen molar-refractivity contribution in [2.45, 2.75) is 32.1 Å². The predicted molar refractivity (Wildman–Crippen MR) is 109 cm³/mol. The molecular weight excluding hydrogens is 336 g/mol. The highest BCUT2D eigenvalue weighted by atomic mass is 16.2. The maximum absolute atomic E-state index is 12.9. The van der Waals surface area contributed by atoms with Crippen LogP contribution in [-0.2, 0) is 4.79 Å². The van der Waals surface area contributed by atoms with Crippen molar-refractivity contribution < 1.29 is 4.79 Å². The molecule has 2 fully saturated rings. The molecule has 2 aliphatic heterocycles. The number of nitrogens with zero attached hydrogens (tertiary/aromatic N) is 4. The van der Waals surface area contributed by atoms with Crippen molar-refractivity contribution in [3.8, 4) is 0 Å². The molecule has 5 nitrogen and oxygen atoms in total. The van der Waals surface area contributed by atoms with Gasteiger partial charge in [0.2, 0.25) is 5.91 Å². The zero-order valence-corrected chi connectivity index (χ0v) is 16.3. The summed E-state index contributed by atoms with van der Waals surface area (Å²) in [4.78, 5) is 24.5. The number of carbonyl (C=O) groups excluding carboxylic acids is 1. The number of allylic oxidation sites excluding steroid dienone is 2. The summed E-state index contributed by atoms with van der Waals surface area (Å²) in [6.07, 6.45) is 11.7. The molecule has 0 N–H and O–H groups in total. The van der Waals surface area contributed by atoms with E-state index in [1.165, 1.54) is 6.42 Å². The SMILES string of the molecule is O=C([C@@H]1CC=CCC1)N1CCC[C@H](CN2CCN(c3ccccn3)CC2)C1. The Hall–Kier alpha value is -1.88. The molecule has 0 bridgehead atoms. The number of rotatable bonds is 4. The number of amides is 1.